The minimum absolute atomic E-state index is 0.239. The smallest absolute Gasteiger partial charge is 0.341 e. The fourth-order valence-corrected chi connectivity index (χ4v) is 2.58. The van der Waals surface area contributed by atoms with Crippen LogP contribution in [0, 0.1) is 0 Å². The zero-order chi connectivity index (χ0) is 18.5. The Labute approximate surface area is 148 Å². The Morgan fingerprint density at radius 3 is 2.92 bits per heavy atom. The molecule has 3 rings (SSSR count). The highest BCUT2D eigenvalue weighted by Crippen LogP contribution is 2.20. The molecule has 0 aromatic carbocycles. The monoisotopic (exact) mass is 361 g/mol. The average molecular weight is 361 g/mol. The highest BCUT2D eigenvalue weighted by atomic mass is 16.5. The summed E-state index contributed by atoms with van der Waals surface area (Å²) in [6.07, 6.45) is 5.14. The lowest BCUT2D eigenvalue weighted by atomic mass is 10.1. The maximum atomic E-state index is 11.9. The third kappa shape index (κ3) is 3.80. The molecule has 0 saturated heterocycles. The van der Waals surface area contributed by atoms with Gasteiger partial charge in [0, 0.05) is 38.9 Å². The summed E-state index contributed by atoms with van der Waals surface area (Å²) in [4.78, 5) is 28.1. The van der Waals surface area contributed by atoms with Gasteiger partial charge in [0.25, 0.3) is 5.56 Å². The molecular weight excluding hydrogens is 342 g/mol. The Hall–Kier alpha value is -3.01. The molecule has 2 aliphatic rings. The number of nitrogens with zero attached hydrogens (tertiary/aromatic N) is 4. The lowest BCUT2D eigenvalue weighted by molar-refractivity contribution is 0.0600. The van der Waals surface area contributed by atoms with Gasteiger partial charge in [-0.1, -0.05) is 5.16 Å². The number of esters is 1. The van der Waals surface area contributed by atoms with Gasteiger partial charge in [-0.3, -0.25) is 4.79 Å². The first kappa shape index (κ1) is 17.8. The van der Waals surface area contributed by atoms with Crippen molar-refractivity contribution in [1.29, 1.82) is 0 Å². The highest BCUT2D eigenvalue weighted by molar-refractivity contribution is 5.95. The second kappa shape index (κ2) is 7.91. The molecule has 0 fully saturated rings. The Kier molecular flexibility index (Phi) is 5.42. The van der Waals surface area contributed by atoms with Crippen LogP contribution in [0.25, 0.3) is 11.3 Å². The lowest BCUT2D eigenvalue weighted by Gasteiger charge is -2.11. The highest BCUT2D eigenvalue weighted by Gasteiger charge is 2.21. The molecule has 0 saturated carbocycles. The SMILES string of the molecule is COCCc1noc(CCCn2cc(C(=O)OC)c3n[nH]c(=O)c-3c2)n1. The summed E-state index contributed by atoms with van der Waals surface area (Å²) in [6.45, 7) is 1.09. The van der Waals surface area contributed by atoms with Crippen LogP contribution in [0.3, 0.4) is 0 Å². The number of methoxy groups -OCH3 is 2. The fourth-order valence-electron chi connectivity index (χ4n) is 2.58. The van der Waals surface area contributed by atoms with Gasteiger partial charge in [-0.2, -0.15) is 10.1 Å². The molecule has 0 atom stereocenters. The topological polar surface area (TPSA) is 125 Å². The van der Waals surface area contributed by atoms with Gasteiger partial charge < -0.3 is 18.6 Å². The standard InChI is InChI=1S/C16H19N5O5/c1-24-7-5-12-17-13(26-20-12)4-3-6-21-8-10-14(18-19-15(10)22)11(9-21)16(23)25-2/h8-9H,3-7H2,1-2H3,(H,19,22). The predicted molar refractivity (Wildman–Crippen MR) is 89.0 cm³/mol. The van der Waals surface area contributed by atoms with Crippen molar-refractivity contribution in [3.63, 3.8) is 0 Å². The molecule has 0 amide bonds. The van der Waals surface area contributed by atoms with Crippen molar-refractivity contribution in [2.45, 2.75) is 25.8 Å². The maximum absolute atomic E-state index is 11.9. The van der Waals surface area contributed by atoms with E-state index in [1.165, 1.54) is 7.11 Å². The molecule has 10 nitrogen and oxygen atoms in total. The van der Waals surface area contributed by atoms with Crippen LogP contribution < -0.4 is 5.56 Å². The number of aromatic nitrogens is 5. The molecular formula is C16H19N5O5. The predicted octanol–water partition coefficient (Wildman–Crippen LogP) is 0.667. The van der Waals surface area contributed by atoms with Crippen molar-refractivity contribution in [1.82, 2.24) is 24.9 Å². The van der Waals surface area contributed by atoms with Crippen molar-refractivity contribution in [3.05, 3.63) is 40.0 Å². The van der Waals surface area contributed by atoms with Crippen LogP contribution in [-0.2, 0) is 28.9 Å². The van der Waals surface area contributed by atoms with Crippen molar-refractivity contribution in [2.75, 3.05) is 20.8 Å². The molecule has 0 spiro atoms. The van der Waals surface area contributed by atoms with E-state index in [1.54, 1.807) is 24.1 Å². The van der Waals surface area contributed by atoms with Crippen LogP contribution in [0.15, 0.2) is 21.7 Å². The van der Waals surface area contributed by atoms with Crippen molar-refractivity contribution < 1.29 is 18.8 Å². The Bertz CT molecular complexity index is 912. The number of hydrogen-bond donors (Lipinski definition) is 1. The van der Waals surface area contributed by atoms with E-state index in [1.807, 2.05) is 0 Å². The van der Waals surface area contributed by atoms with Gasteiger partial charge in [0.1, 0.15) is 11.3 Å². The number of carbonyl (C=O) groups excluding carboxylic acids is 1. The number of H-pyrrole nitrogens is 1. The number of hydrogen-bond acceptors (Lipinski definition) is 8. The summed E-state index contributed by atoms with van der Waals surface area (Å²) in [5.74, 6) is 0.604. The summed E-state index contributed by atoms with van der Waals surface area (Å²) in [5.41, 5.74) is 0.535. The van der Waals surface area contributed by atoms with Gasteiger partial charge in [0.15, 0.2) is 5.82 Å². The summed E-state index contributed by atoms with van der Waals surface area (Å²) >= 11 is 0. The van der Waals surface area contributed by atoms with E-state index < -0.39 is 5.97 Å². The number of rotatable bonds is 8. The molecule has 3 heterocycles. The largest absolute Gasteiger partial charge is 0.465 e. The fraction of sp³-hybridized carbons (Fsp3) is 0.438. The van der Waals surface area contributed by atoms with E-state index in [0.29, 0.717) is 55.4 Å². The zero-order valence-corrected chi connectivity index (χ0v) is 14.5. The quantitative estimate of drug-likeness (QED) is 0.580. The van der Waals surface area contributed by atoms with Crippen LogP contribution in [0.2, 0.25) is 0 Å². The van der Waals surface area contributed by atoms with Crippen LogP contribution >= 0.6 is 0 Å². The number of ether oxygens (including phenoxy) is 2. The minimum atomic E-state index is -0.546. The normalized spacial score (nSPS) is 11.2. The first-order valence-electron chi connectivity index (χ1n) is 8.09. The first-order valence-corrected chi connectivity index (χ1v) is 8.09. The molecule has 0 unspecified atom stereocenters. The maximum Gasteiger partial charge on any atom is 0.341 e. The van der Waals surface area contributed by atoms with Crippen molar-refractivity contribution in [2.24, 2.45) is 0 Å². The average Bonchev–Trinajstić information content (AvgIpc) is 3.26. The van der Waals surface area contributed by atoms with E-state index in [0.717, 1.165) is 0 Å². The summed E-state index contributed by atoms with van der Waals surface area (Å²) in [6, 6.07) is 0. The first-order chi connectivity index (χ1) is 12.6. The molecule has 138 valence electrons. The van der Waals surface area contributed by atoms with Crippen molar-refractivity contribution >= 4 is 5.97 Å². The number of nitrogens with one attached hydrogen (secondary N) is 1. The molecule has 0 aliphatic carbocycles. The zero-order valence-electron chi connectivity index (χ0n) is 14.5. The Morgan fingerprint density at radius 1 is 1.31 bits per heavy atom. The molecule has 0 radical (unpaired) electrons. The molecule has 26 heavy (non-hydrogen) atoms. The lowest BCUT2D eigenvalue weighted by Crippen LogP contribution is -2.12. The van der Waals surface area contributed by atoms with Crippen molar-refractivity contribution in [3.8, 4) is 11.3 Å². The van der Waals surface area contributed by atoms with Gasteiger partial charge in [-0.15, -0.1) is 0 Å². The Morgan fingerprint density at radius 2 is 2.15 bits per heavy atom. The number of aromatic amines is 1. The second-order valence-electron chi connectivity index (χ2n) is 5.67. The number of pyridine rings is 1. The molecule has 0 bridgehead atoms. The van der Waals surface area contributed by atoms with Crippen LogP contribution in [0.1, 0.15) is 28.5 Å². The molecule has 10 heteroatoms. The van der Waals surface area contributed by atoms with Gasteiger partial charge in [-0.25, -0.2) is 9.89 Å². The summed E-state index contributed by atoms with van der Waals surface area (Å²) in [7, 11) is 2.90. The van der Waals surface area contributed by atoms with E-state index in [9.17, 15) is 9.59 Å². The molecule has 1 aromatic rings. The van der Waals surface area contributed by atoms with Crippen LogP contribution in [0.5, 0.6) is 0 Å². The minimum Gasteiger partial charge on any atom is -0.465 e. The third-order valence-electron chi connectivity index (χ3n) is 3.87. The van der Waals surface area contributed by atoms with E-state index >= 15 is 0 Å². The van der Waals surface area contributed by atoms with Gasteiger partial charge in [-0.05, 0) is 6.42 Å². The van der Waals surface area contributed by atoms with Gasteiger partial charge in [0.2, 0.25) is 5.89 Å². The Balaban J connectivity index is 1.69. The number of carbonyl (C=O) groups is 1. The summed E-state index contributed by atoms with van der Waals surface area (Å²) < 4.78 is 16.7. The van der Waals surface area contributed by atoms with Gasteiger partial charge in [0.05, 0.1) is 19.3 Å². The van der Waals surface area contributed by atoms with E-state index in [4.69, 9.17) is 14.0 Å². The second-order valence-corrected chi connectivity index (χ2v) is 5.67. The summed E-state index contributed by atoms with van der Waals surface area (Å²) in [5, 5.41) is 10.1. The van der Waals surface area contributed by atoms with Crippen LogP contribution in [0.4, 0.5) is 0 Å². The number of fused-ring (bicyclic) bond motifs is 1. The van der Waals surface area contributed by atoms with E-state index in [-0.39, 0.29) is 11.1 Å². The molecule has 2 aliphatic heterocycles. The van der Waals surface area contributed by atoms with Gasteiger partial charge >= 0.3 is 5.97 Å². The molecule has 1 N–H and O–H groups in total. The van der Waals surface area contributed by atoms with E-state index in [2.05, 4.69) is 20.3 Å². The van der Waals surface area contributed by atoms with Crippen LogP contribution in [-0.4, -0.2) is 51.7 Å². The number of aryl methyl sites for hydroxylation is 2. The molecule has 1 aromatic heterocycles. The third-order valence-corrected chi connectivity index (χ3v) is 3.87.